The van der Waals surface area contributed by atoms with E-state index in [-0.39, 0.29) is 17.7 Å². The fourth-order valence-corrected chi connectivity index (χ4v) is 5.13. The molecule has 0 saturated carbocycles. The topological polar surface area (TPSA) is 49.7 Å². The Balaban J connectivity index is 2.20. The van der Waals surface area contributed by atoms with Crippen LogP contribution in [0.15, 0.2) is 47.4 Å². The second kappa shape index (κ2) is 7.34. The van der Waals surface area contributed by atoms with Crippen molar-refractivity contribution in [1.29, 1.82) is 0 Å². The molecule has 0 saturated heterocycles. The fraction of sp³-hybridized carbons (Fsp3) is 0.579. The van der Waals surface area contributed by atoms with Gasteiger partial charge in [-0.15, -0.1) is 11.8 Å². The molecule has 3 atom stereocenters. The van der Waals surface area contributed by atoms with Gasteiger partial charge in [0.25, 0.3) is 0 Å². The van der Waals surface area contributed by atoms with Crippen LogP contribution in [0.5, 0.6) is 0 Å². The maximum Gasteiger partial charge on any atom is 0.192 e. The molecule has 0 radical (unpaired) electrons. The van der Waals surface area contributed by atoms with Gasteiger partial charge in [-0.1, -0.05) is 51.1 Å². The highest BCUT2D eigenvalue weighted by Crippen LogP contribution is 2.44. The van der Waals surface area contributed by atoms with Crippen molar-refractivity contribution >= 4 is 20.1 Å². The van der Waals surface area contributed by atoms with Gasteiger partial charge < -0.3 is 14.6 Å². The number of thioether (sulfide) groups is 1. The summed E-state index contributed by atoms with van der Waals surface area (Å²) in [5.41, 5.74) is 0. The summed E-state index contributed by atoms with van der Waals surface area (Å²) in [4.78, 5) is 1.05. The van der Waals surface area contributed by atoms with E-state index in [1.807, 2.05) is 36.4 Å². The van der Waals surface area contributed by atoms with Crippen LogP contribution in [0.2, 0.25) is 18.1 Å². The first kappa shape index (κ1) is 19.7. The van der Waals surface area contributed by atoms with Crippen molar-refractivity contribution in [3.8, 4) is 0 Å². The van der Waals surface area contributed by atoms with E-state index in [1.54, 1.807) is 17.8 Å². The Morgan fingerprint density at radius 2 is 1.83 bits per heavy atom. The van der Waals surface area contributed by atoms with Crippen molar-refractivity contribution in [2.75, 3.05) is 6.61 Å². The van der Waals surface area contributed by atoms with Crippen LogP contribution >= 0.6 is 11.8 Å². The zero-order chi connectivity index (χ0) is 18.0. The molecule has 2 rings (SSSR count). The highest BCUT2D eigenvalue weighted by Gasteiger charge is 2.45. The average molecular weight is 367 g/mol. The van der Waals surface area contributed by atoms with Gasteiger partial charge >= 0.3 is 0 Å². The predicted octanol–water partition coefficient (Wildman–Crippen LogP) is 4.22. The van der Waals surface area contributed by atoms with Gasteiger partial charge in [-0.3, -0.25) is 0 Å². The van der Waals surface area contributed by atoms with Crippen molar-refractivity contribution in [3.63, 3.8) is 0 Å². The van der Waals surface area contributed by atoms with Crippen LogP contribution < -0.4 is 0 Å². The van der Waals surface area contributed by atoms with Gasteiger partial charge in [0.05, 0.1) is 23.6 Å². The van der Waals surface area contributed by atoms with Crippen LogP contribution in [0.25, 0.3) is 0 Å². The van der Waals surface area contributed by atoms with E-state index in [1.165, 1.54) is 0 Å². The maximum atomic E-state index is 10.5. The third-order valence-corrected chi connectivity index (χ3v) is 11.1. The molecule has 1 aliphatic carbocycles. The molecule has 0 aliphatic heterocycles. The van der Waals surface area contributed by atoms with Crippen molar-refractivity contribution in [2.24, 2.45) is 0 Å². The standard InChI is InChI=1S/C19H30O3SSi/c1-18(2,3)24(4,5)22-15-11-12-17(21)19(13-15,14-20)23-16-9-7-6-8-10-16/h6-12,15,17,20-21H,13-14H2,1-5H3/t15-,17-,19-/m1/s1. The Labute approximate surface area is 151 Å². The molecule has 0 spiro atoms. The number of hydrogen-bond acceptors (Lipinski definition) is 4. The van der Waals surface area contributed by atoms with Crippen molar-refractivity contribution in [1.82, 2.24) is 0 Å². The van der Waals surface area contributed by atoms with Gasteiger partial charge in [0.2, 0.25) is 0 Å². The van der Waals surface area contributed by atoms with Crippen LogP contribution in [0.3, 0.4) is 0 Å². The van der Waals surface area contributed by atoms with E-state index >= 15 is 0 Å². The molecule has 24 heavy (non-hydrogen) atoms. The largest absolute Gasteiger partial charge is 0.411 e. The fourth-order valence-electron chi connectivity index (χ4n) is 2.59. The van der Waals surface area contributed by atoms with Gasteiger partial charge in [0, 0.05) is 4.90 Å². The summed E-state index contributed by atoms with van der Waals surface area (Å²) < 4.78 is 5.84. The normalized spacial score (nSPS) is 28.1. The monoisotopic (exact) mass is 366 g/mol. The van der Waals surface area contributed by atoms with Gasteiger partial charge in [-0.05, 0) is 36.7 Å². The molecular formula is C19H30O3SSi. The van der Waals surface area contributed by atoms with Gasteiger partial charge in [0.1, 0.15) is 0 Å². The van der Waals surface area contributed by atoms with Crippen molar-refractivity contribution in [2.45, 2.75) is 67.2 Å². The van der Waals surface area contributed by atoms with Crippen molar-refractivity contribution < 1.29 is 14.6 Å². The third kappa shape index (κ3) is 4.32. The summed E-state index contributed by atoms with van der Waals surface area (Å²) >= 11 is 1.54. The molecule has 1 aromatic carbocycles. The van der Waals surface area contributed by atoms with E-state index in [4.69, 9.17) is 4.43 Å². The molecule has 0 amide bonds. The molecule has 0 aromatic heterocycles. The van der Waals surface area contributed by atoms with Gasteiger partial charge in [-0.25, -0.2) is 0 Å². The minimum atomic E-state index is -1.91. The van der Waals surface area contributed by atoms with E-state index in [0.29, 0.717) is 6.42 Å². The van der Waals surface area contributed by atoms with Gasteiger partial charge in [-0.2, -0.15) is 0 Å². The zero-order valence-corrected chi connectivity index (χ0v) is 17.1. The predicted molar refractivity (Wildman–Crippen MR) is 104 cm³/mol. The second-order valence-electron chi connectivity index (χ2n) is 8.09. The molecule has 0 bridgehead atoms. The number of aliphatic hydroxyl groups excluding tert-OH is 2. The molecule has 0 fully saturated rings. The van der Waals surface area contributed by atoms with Crippen LogP contribution in [0, 0.1) is 0 Å². The molecule has 1 aliphatic rings. The van der Waals surface area contributed by atoms with E-state index < -0.39 is 19.2 Å². The summed E-state index contributed by atoms with van der Waals surface area (Å²) in [7, 11) is -1.91. The molecule has 0 heterocycles. The Hall–Kier alpha value is -0.593. The molecular weight excluding hydrogens is 336 g/mol. The molecule has 0 unspecified atom stereocenters. The summed E-state index contributed by atoms with van der Waals surface area (Å²) in [6, 6.07) is 9.94. The third-order valence-electron chi connectivity index (χ3n) is 5.18. The molecule has 134 valence electrons. The van der Waals surface area contributed by atoms with Crippen LogP contribution in [-0.4, -0.2) is 42.1 Å². The van der Waals surface area contributed by atoms with E-state index in [0.717, 1.165) is 4.90 Å². The van der Waals surface area contributed by atoms with Crippen LogP contribution in [0.1, 0.15) is 27.2 Å². The Morgan fingerprint density at radius 1 is 1.21 bits per heavy atom. The zero-order valence-electron chi connectivity index (χ0n) is 15.3. The summed E-state index contributed by atoms with van der Waals surface area (Å²) in [5.74, 6) is 0. The lowest BCUT2D eigenvalue weighted by molar-refractivity contribution is 0.0789. The number of benzene rings is 1. The Morgan fingerprint density at radius 3 is 2.38 bits per heavy atom. The second-order valence-corrected chi connectivity index (χ2v) is 14.3. The minimum absolute atomic E-state index is 0.0716. The number of aliphatic hydroxyl groups is 2. The first-order chi connectivity index (χ1) is 11.1. The van der Waals surface area contributed by atoms with Crippen molar-refractivity contribution in [3.05, 3.63) is 42.5 Å². The first-order valence-corrected chi connectivity index (χ1v) is 12.2. The Kier molecular flexibility index (Phi) is 6.03. The smallest absolute Gasteiger partial charge is 0.192 e. The number of rotatable bonds is 5. The lowest BCUT2D eigenvalue weighted by Gasteiger charge is -2.44. The SMILES string of the molecule is CC(C)(C)[Si](C)(C)O[C@@H]1C=C[C@@H](O)[C@@](CO)(Sc2ccccc2)C1. The lowest BCUT2D eigenvalue weighted by Crippen LogP contribution is -2.51. The summed E-state index contributed by atoms with van der Waals surface area (Å²) in [5, 5.41) is 20.8. The number of hydrogen-bond donors (Lipinski definition) is 2. The average Bonchev–Trinajstić information content (AvgIpc) is 2.50. The Bertz CT molecular complexity index is 568. The highest BCUT2D eigenvalue weighted by atomic mass is 32.2. The lowest BCUT2D eigenvalue weighted by atomic mass is 9.89. The van der Waals surface area contributed by atoms with E-state index in [2.05, 4.69) is 33.9 Å². The van der Waals surface area contributed by atoms with Crippen LogP contribution in [0.4, 0.5) is 0 Å². The molecule has 2 N–H and O–H groups in total. The minimum Gasteiger partial charge on any atom is -0.411 e. The van der Waals surface area contributed by atoms with Gasteiger partial charge in [0.15, 0.2) is 8.32 Å². The maximum absolute atomic E-state index is 10.5. The summed E-state index contributed by atoms with van der Waals surface area (Å²) in [6.07, 6.45) is 3.59. The molecule has 1 aromatic rings. The highest BCUT2D eigenvalue weighted by molar-refractivity contribution is 8.00. The molecule has 5 heteroatoms. The van der Waals surface area contributed by atoms with E-state index in [9.17, 15) is 10.2 Å². The summed E-state index contributed by atoms with van der Waals surface area (Å²) in [6.45, 7) is 11.0. The quantitative estimate of drug-likeness (QED) is 0.605. The van der Waals surface area contributed by atoms with Crippen LogP contribution in [-0.2, 0) is 4.43 Å². The first-order valence-electron chi connectivity index (χ1n) is 8.49. The molecule has 3 nitrogen and oxygen atoms in total.